The van der Waals surface area contributed by atoms with Crippen LogP contribution in [0, 0.1) is 7.05 Å². The van der Waals surface area contributed by atoms with Crippen molar-refractivity contribution in [1.82, 2.24) is 4.90 Å². The smallest absolute Gasteiger partial charge is 0.120 e. The van der Waals surface area contributed by atoms with Gasteiger partial charge in [0, 0.05) is 6.54 Å². The topological polar surface area (TPSA) is 43.7 Å². The minimum atomic E-state index is -1.18. The third-order valence-corrected chi connectivity index (χ3v) is 3.46. The molecule has 2 unspecified atom stereocenters. The summed E-state index contributed by atoms with van der Waals surface area (Å²) in [6.45, 7) is 2.72. The lowest BCUT2D eigenvalue weighted by molar-refractivity contribution is -0.181. The van der Waals surface area contributed by atoms with Crippen LogP contribution in [0.1, 0.15) is 18.9 Å². The quantitative estimate of drug-likeness (QED) is 0.697. The molecule has 1 aromatic rings. The maximum Gasteiger partial charge on any atom is 0.120 e. The fourth-order valence-electron chi connectivity index (χ4n) is 2.40. The molecule has 1 saturated heterocycles. The molecular weight excluding hydrogens is 202 g/mol. The van der Waals surface area contributed by atoms with Crippen LogP contribution < -0.4 is 0 Å². The highest BCUT2D eigenvalue weighted by atomic mass is 16.4. The van der Waals surface area contributed by atoms with Crippen LogP contribution in [-0.2, 0) is 5.60 Å². The molecule has 0 saturated carbocycles. The Kier molecular flexibility index (Phi) is 2.78. The van der Waals surface area contributed by atoms with Crippen LogP contribution in [0.4, 0.5) is 0 Å². The molecular formula is C13H18NO2-. The summed E-state index contributed by atoms with van der Waals surface area (Å²) in [5, 5.41) is 21.1. The summed E-state index contributed by atoms with van der Waals surface area (Å²) < 4.78 is 0. The number of aliphatic hydroxyl groups is 2. The molecule has 1 aliphatic heterocycles. The molecule has 3 nitrogen and oxygen atoms in total. The van der Waals surface area contributed by atoms with Crippen molar-refractivity contribution in [3.05, 3.63) is 42.9 Å². The lowest BCUT2D eigenvalue weighted by Crippen LogP contribution is -2.60. The van der Waals surface area contributed by atoms with Gasteiger partial charge < -0.3 is 15.1 Å². The van der Waals surface area contributed by atoms with E-state index in [2.05, 4.69) is 7.05 Å². The Balaban J connectivity index is 2.37. The number of nitrogens with zero attached hydrogens (tertiary/aromatic N) is 1. The van der Waals surface area contributed by atoms with E-state index in [1.54, 1.807) is 11.8 Å². The van der Waals surface area contributed by atoms with Gasteiger partial charge in [-0.25, -0.2) is 0 Å². The Morgan fingerprint density at radius 3 is 2.44 bits per heavy atom. The number of hydrogen-bond donors (Lipinski definition) is 2. The van der Waals surface area contributed by atoms with Crippen LogP contribution in [0.5, 0.6) is 0 Å². The van der Waals surface area contributed by atoms with Crippen LogP contribution >= 0.6 is 0 Å². The lowest BCUT2D eigenvalue weighted by atomic mass is 9.73. The number of β-amino-alcohol motifs (C(OH)–C–C–N with tert-alkyl or cyclic N) is 1. The molecule has 0 amide bonds. The molecule has 0 spiro atoms. The number of likely N-dealkylation sites (tertiary alicyclic amines) is 1. The molecule has 1 heterocycles. The van der Waals surface area contributed by atoms with E-state index in [0.717, 1.165) is 5.56 Å². The van der Waals surface area contributed by atoms with E-state index in [1.807, 2.05) is 30.3 Å². The Morgan fingerprint density at radius 1 is 1.25 bits per heavy atom. The summed E-state index contributed by atoms with van der Waals surface area (Å²) in [6, 6.07) is 9.36. The molecule has 2 N–H and O–H groups in total. The van der Waals surface area contributed by atoms with Crippen LogP contribution in [0.15, 0.2) is 30.3 Å². The van der Waals surface area contributed by atoms with Gasteiger partial charge in [0.05, 0.1) is 0 Å². The van der Waals surface area contributed by atoms with Crippen molar-refractivity contribution >= 4 is 0 Å². The summed E-state index contributed by atoms with van der Waals surface area (Å²) in [4.78, 5) is 1.79. The summed E-state index contributed by atoms with van der Waals surface area (Å²) in [7, 11) is 3.81. The Labute approximate surface area is 96.3 Å². The maximum absolute atomic E-state index is 10.7. The SMILES string of the molecule is [CH2-]N1CCC(O)(c2ccccc2)C(C)(O)C1. The number of benzene rings is 1. The van der Waals surface area contributed by atoms with Crippen molar-refractivity contribution in [2.45, 2.75) is 24.5 Å². The maximum atomic E-state index is 10.7. The highest BCUT2D eigenvalue weighted by Crippen LogP contribution is 2.39. The van der Waals surface area contributed by atoms with Crippen LogP contribution in [-0.4, -0.2) is 33.8 Å². The Bertz CT molecular complexity index is 363. The number of rotatable bonds is 1. The second kappa shape index (κ2) is 3.84. The average molecular weight is 220 g/mol. The monoisotopic (exact) mass is 220 g/mol. The standard InChI is InChI=1S/C13H18NO2/c1-12(15)10-14(2)9-8-13(12,16)11-6-4-3-5-7-11/h3-7,15-16H,2,8-10H2,1H3/q-1. The van der Waals surface area contributed by atoms with E-state index < -0.39 is 11.2 Å². The van der Waals surface area contributed by atoms with E-state index in [9.17, 15) is 10.2 Å². The molecule has 88 valence electrons. The average Bonchev–Trinajstić information content (AvgIpc) is 2.25. The van der Waals surface area contributed by atoms with E-state index >= 15 is 0 Å². The third kappa shape index (κ3) is 1.75. The Hall–Kier alpha value is -0.900. The first-order valence-corrected chi connectivity index (χ1v) is 5.51. The van der Waals surface area contributed by atoms with E-state index in [-0.39, 0.29) is 0 Å². The van der Waals surface area contributed by atoms with Gasteiger partial charge in [-0.2, -0.15) is 0 Å². The predicted molar refractivity (Wildman–Crippen MR) is 62.5 cm³/mol. The van der Waals surface area contributed by atoms with Gasteiger partial charge in [0.15, 0.2) is 0 Å². The van der Waals surface area contributed by atoms with Crippen molar-refractivity contribution in [2.24, 2.45) is 0 Å². The summed E-state index contributed by atoms with van der Waals surface area (Å²) >= 11 is 0. The Morgan fingerprint density at radius 2 is 1.88 bits per heavy atom. The minimum Gasteiger partial charge on any atom is -0.457 e. The molecule has 0 bridgehead atoms. The normalized spacial score (nSPS) is 36.2. The highest BCUT2D eigenvalue weighted by Gasteiger charge is 2.48. The second-order valence-corrected chi connectivity index (χ2v) is 4.80. The molecule has 1 aromatic carbocycles. The zero-order valence-electron chi connectivity index (χ0n) is 9.56. The molecule has 3 heteroatoms. The first-order chi connectivity index (χ1) is 7.46. The zero-order valence-corrected chi connectivity index (χ0v) is 9.56. The van der Waals surface area contributed by atoms with Gasteiger partial charge in [0.2, 0.25) is 0 Å². The second-order valence-electron chi connectivity index (χ2n) is 4.80. The van der Waals surface area contributed by atoms with Crippen molar-refractivity contribution < 1.29 is 10.2 Å². The third-order valence-electron chi connectivity index (χ3n) is 3.46. The molecule has 0 aromatic heterocycles. The van der Waals surface area contributed by atoms with Crippen molar-refractivity contribution in [2.75, 3.05) is 13.1 Å². The predicted octanol–water partition coefficient (Wildman–Crippen LogP) is 1.12. The lowest BCUT2D eigenvalue weighted by Gasteiger charge is -2.51. The van der Waals surface area contributed by atoms with Crippen LogP contribution in [0.2, 0.25) is 0 Å². The van der Waals surface area contributed by atoms with Crippen LogP contribution in [0.3, 0.4) is 0 Å². The fourth-order valence-corrected chi connectivity index (χ4v) is 2.40. The van der Waals surface area contributed by atoms with E-state index in [1.165, 1.54) is 0 Å². The zero-order chi connectivity index (χ0) is 11.8. The number of hydrogen-bond acceptors (Lipinski definition) is 3. The summed E-state index contributed by atoms with van der Waals surface area (Å²) in [5.41, 5.74) is -1.58. The molecule has 0 radical (unpaired) electrons. The fraction of sp³-hybridized carbons (Fsp3) is 0.462. The van der Waals surface area contributed by atoms with Gasteiger partial charge in [-0.1, -0.05) is 30.3 Å². The molecule has 0 aliphatic carbocycles. The first kappa shape index (κ1) is 11.6. The highest BCUT2D eigenvalue weighted by molar-refractivity contribution is 5.27. The number of piperidine rings is 1. The first-order valence-electron chi connectivity index (χ1n) is 5.51. The molecule has 2 atom stereocenters. The molecule has 2 rings (SSSR count). The van der Waals surface area contributed by atoms with Crippen molar-refractivity contribution in [1.29, 1.82) is 0 Å². The minimum absolute atomic E-state index is 0.373. The van der Waals surface area contributed by atoms with Gasteiger partial charge >= 0.3 is 0 Å². The molecule has 1 fully saturated rings. The van der Waals surface area contributed by atoms with Gasteiger partial charge in [-0.15, -0.1) is 0 Å². The van der Waals surface area contributed by atoms with Gasteiger partial charge in [0.25, 0.3) is 0 Å². The summed E-state index contributed by atoms with van der Waals surface area (Å²) in [6.07, 6.45) is 0.494. The molecule has 16 heavy (non-hydrogen) atoms. The van der Waals surface area contributed by atoms with E-state index in [0.29, 0.717) is 19.5 Å². The van der Waals surface area contributed by atoms with Crippen molar-refractivity contribution in [3.63, 3.8) is 0 Å². The summed E-state index contributed by atoms with van der Waals surface area (Å²) in [5.74, 6) is 0. The van der Waals surface area contributed by atoms with E-state index in [4.69, 9.17) is 0 Å². The van der Waals surface area contributed by atoms with Crippen molar-refractivity contribution in [3.8, 4) is 0 Å². The molecule has 1 aliphatic rings. The van der Waals surface area contributed by atoms with Gasteiger partial charge in [-0.3, -0.25) is 7.05 Å². The van der Waals surface area contributed by atoms with Gasteiger partial charge in [-0.05, 0) is 25.5 Å². The largest absolute Gasteiger partial charge is 0.457 e. The van der Waals surface area contributed by atoms with Crippen LogP contribution in [0.25, 0.3) is 0 Å². The van der Waals surface area contributed by atoms with Gasteiger partial charge in [0.1, 0.15) is 11.2 Å².